The van der Waals surface area contributed by atoms with Crippen LogP contribution in [0.4, 0.5) is 11.4 Å². The van der Waals surface area contributed by atoms with E-state index in [1.807, 2.05) is 6.92 Å². The third-order valence-electron chi connectivity index (χ3n) is 4.96. The number of para-hydroxylation sites is 2. The molecule has 0 saturated carbocycles. The Labute approximate surface area is 202 Å². The number of methoxy groups -OCH3 is 1. The van der Waals surface area contributed by atoms with E-state index in [1.165, 1.54) is 31.4 Å². The molecular weight excluding hydrogens is 468 g/mol. The zero-order chi connectivity index (χ0) is 24.8. The lowest BCUT2D eigenvalue weighted by Crippen LogP contribution is -2.16. The van der Waals surface area contributed by atoms with Crippen molar-refractivity contribution in [1.82, 2.24) is 9.97 Å². The monoisotopic (exact) mass is 490 g/mol. The van der Waals surface area contributed by atoms with Gasteiger partial charge in [0.15, 0.2) is 0 Å². The molecule has 0 spiro atoms. The summed E-state index contributed by atoms with van der Waals surface area (Å²) in [6.07, 6.45) is 3.15. The minimum absolute atomic E-state index is 0.0561. The predicted molar refractivity (Wildman–Crippen MR) is 131 cm³/mol. The van der Waals surface area contributed by atoms with Crippen LogP contribution in [-0.4, -0.2) is 31.4 Å². The SMILES string of the molecule is COc1ccccc1NS(=O)(=O)c1cccc(C(=O)Nc2ccc(Oc3ncccn3)cc2C)c1. The minimum atomic E-state index is -3.96. The first-order valence-corrected chi connectivity index (χ1v) is 12.0. The molecule has 1 heterocycles. The number of anilines is 2. The highest BCUT2D eigenvalue weighted by Crippen LogP contribution is 2.27. The van der Waals surface area contributed by atoms with Gasteiger partial charge in [-0.25, -0.2) is 18.4 Å². The molecule has 0 atom stereocenters. The lowest BCUT2D eigenvalue weighted by Gasteiger charge is -2.13. The molecule has 0 fully saturated rings. The van der Waals surface area contributed by atoms with Gasteiger partial charge in [0.2, 0.25) is 0 Å². The fraction of sp³-hybridized carbons (Fsp3) is 0.0800. The number of nitrogens with one attached hydrogen (secondary N) is 2. The third kappa shape index (κ3) is 5.74. The van der Waals surface area contributed by atoms with Crippen molar-refractivity contribution >= 4 is 27.3 Å². The molecule has 0 aliphatic heterocycles. The van der Waals surface area contributed by atoms with E-state index >= 15 is 0 Å². The smallest absolute Gasteiger partial charge is 0.321 e. The number of ether oxygens (including phenoxy) is 2. The average Bonchev–Trinajstić information content (AvgIpc) is 2.86. The molecule has 0 unspecified atom stereocenters. The number of carbonyl (C=O) groups excluding carboxylic acids is 1. The third-order valence-corrected chi connectivity index (χ3v) is 6.32. The van der Waals surface area contributed by atoms with Gasteiger partial charge in [0, 0.05) is 23.6 Å². The number of aromatic nitrogens is 2. The van der Waals surface area contributed by atoms with E-state index in [2.05, 4.69) is 20.0 Å². The van der Waals surface area contributed by atoms with Crippen LogP contribution < -0.4 is 19.5 Å². The molecule has 0 radical (unpaired) electrons. The van der Waals surface area contributed by atoms with Crippen LogP contribution in [0.2, 0.25) is 0 Å². The molecule has 0 saturated heterocycles. The quantitative estimate of drug-likeness (QED) is 0.369. The van der Waals surface area contributed by atoms with Crippen LogP contribution in [-0.2, 0) is 10.0 Å². The second kappa shape index (κ2) is 10.2. The Hall–Kier alpha value is -4.44. The summed E-state index contributed by atoms with van der Waals surface area (Å²) >= 11 is 0. The molecule has 0 bridgehead atoms. The molecule has 0 aliphatic carbocycles. The number of hydrogen-bond donors (Lipinski definition) is 2. The lowest BCUT2D eigenvalue weighted by atomic mass is 10.1. The van der Waals surface area contributed by atoms with E-state index < -0.39 is 15.9 Å². The van der Waals surface area contributed by atoms with Crippen LogP contribution in [0.25, 0.3) is 0 Å². The first-order valence-electron chi connectivity index (χ1n) is 10.5. The molecule has 9 nitrogen and oxygen atoms in total. The molecule has 10 heteroatoms. The molecule has 1 amide bonds. The largest absolute Gasteiger partial charge is 0.495 e. The summed E-state index contributed by atoms with van der Waals surface area (Å²) < 4.78 is 39.1. The fourth-order valence-corrected chi connectivity index (χ4v) is 4.33. The predicted octanol–water partition coefficient (Wildman–Crippen LogP) is 4.64. The molecule has 2 N–H and O–H groups in total. The Bertz CT molecular complexity index is 1460. The summed E-state index contributed by atoms with van der Waals surface area (Å²) in [5.74, 6) is 0.441. The van der Waals surface area contributed by atoms with Gasteiger partial charge in [0.05, 0.1) is 17.7 Å². The van der Waals surface area contributed by atoms with Crippen molar-refractivity contribution in [3.05, 3.63) is 96.3 Å². The van der Waals surface area contributed by atoms with Crippen LogP contribution in [0.15, 0.2) is 90.1 Å². The topological polar surface area (TPSA) is 120 Å². The first-order chi connectivity index (χ1) is 16.9. The van der Waals surface area contributed by atoms with Gasteiger partial charge in [0.1, 0.15) is 11.5 Å². The van der Waals surface area contributed by atoms with Gasteiger partial charge >= 0.3 is 6.01 Å². The van der Waals surface area contributed by atoms with Crippen LogP contribution >= 0.6 is 0 Å². The summed E-state index contributed by atoms with van der Waals surface area (Å²) in [6, 6.07) is 19.4. The molecule has 178 valence electrons. The zero-order valence-electron chi connectivity index (χ0n) is 18.9. The van der Waals surface area contributed by atoms with Gasteiger partial charge in [0.25, 0.3) is 15.9 Å². The molecule has 4 rings (SSSR count). The highest BCUT2D eigenvalue weighted by Gasteiger charge is 2.18. The summed E-state index contributed by atoms with van der Waals surface area (Å²) in [7, 11) is -2.50. The second-order valence-corrected chi connectivity index (χ2v) is 9.08. The number of hydrogen-bond acceptors (Lipinski definition) is 7. The molecule has 0 aliphatic rings. The average molecular weight is 491 g/mol. The van der Waals surface area contributed by atoms with Gasteiger partial charge < -0.3 is 14.8 Å². The number of sulfonamides is 1. The summed E-state index contributed by atoms with van der Waals surface area (Å²) in [5.41, 5.74) is 1.78. The molecular formula is C25H22N4O5S. The van der Waals surface area contributed by atoms with Crippen LogP contribution in [0, 0.1) is 6.92 Å². The second-order valence-electron chi connectivity index (χ2n) is 7.40. The molecule has 3 aromatic carbocycles. The zero-order valence-corrected chi connectivity index (χ0v) is 19.7. The van der Waals surface area contributed by atoms with Crippen molar-refractivity contribution in [2.24, 2.45) is 0 Å². The highest BCUT2D eigenvalue weighted by molar-refractivity contribution is 7.92. The van der Waals surface area contributed by atoms with Crippen molar-refractivity contribution in [2.45, 2.75) is 11.8 Å². The Morgan fingerprint density at radius 2 is 1.66 bits per heavy atom. The normalized spacial score (nSPS) is 10.9. The summed E-state index contributed by atoms with van der Waals surface area (Å²) in [4.78, 5) is 20.9. The van der Waals surface area contributed by atoms with Gasteiger partial charge in [-0.15, -0.1) is 0 Å². The maximum Gasteiger partial charge on any atom is 0.321 e. The number of amides is 1. The van der Waals surface area contributed by atoms with E-state index in [0.717, 1.165) is 5.56 Å². The molecule has 1 aromatic heterocycles. The van der Waals surface area contributed by atoms with Crippen molar-refractivity contribution in [3.63, 3.8) is 0 Å². The first kappa shape index (κ1) is 23.7. The van der Waals surface area contributed by atoms with Crippen LogP contribution in [0.5, 0.6) is 17.5 Å². The van der Waals surface area contributed by atoms with E-state index in [0.29, 0.717) is 22.9 Å². The van der Waals surface area contributed by atoms with Crippen molar-refractivity contribution < 1.29 is 22.7 Å². The Balaban J connectivity index is 1.50. The maximum absolute atomic E-state index is 12.9. The maximum atomic E-state index is 12.9. The number of rotatable bonds is 8. The number of carbonyl (C=O) groups is 1. The van der Waals surface area contributed by atoms with E-state index in [-0.39, 0.29) is 16.5 Å². The van der Waals surface area contributed by atoms with Crippen molar-refractivity contribution in [2.75, 3.05) is 17.1 Å². The Kier molecular flexibility index (Phi) is 6.93. The summed E-state index contributed by atoms with van der Waals surface area (Å²) in [5, 5.41) is 2.80. The molecule has 35 heavy (non-hydrogen) atoms. The van der Waals surface area contributed by atoms with Crippen molar-refractivity contribution in [3.8, 4) is 17.5 Å². The number of nitrogens with zero attached hydrogens (tertiary/aromatic N) is 2. The summed E-state index contributed by atoms with van der Waals surface area (Å²) in [6.45, 7) is 1.81. The number of benzene rings is 3. The van der Waals surface area contributed by atoms with E-state index in [1.54, 1.807) is 60.9 Å². The number of aryl methyl sites for hydroxylation is 1. The Morgan fingerprint density at radius 3 is 2.40 bits per heavy atom. The van der Waals surface area contributed by atoms with Crippen LogP contribution in [0.3, 0.4) is 0 Å². The Morgan fingerprint density at radius 1 is 0.886 bits per heavy atom. The molecule has 4 aromatic rings. The van der Waals surface area contributed by atoms with Gasteiger partial charge in [-0.3, -0.25) is 9.52 Å². The lowest BCUT2D eigenvalue weighted by molar-refractivity contribution is 0.102. The van der Waals surface area contributed by atoms with Gasteiger partial charge in [-0.05, 0) is 67.1 Å². The minimum Gasteiger partial charge on any atom is -0.495 e. The van der Waals surface area contributed by atoms with E-state index in [9.17, 15) is 13.2 Å². The van der Waals surface area contributed by atoms with Crippen molar-refractivity contribution in [1.29, 1.82) is 0 Å². The standard InChI is InChI=1S/C25H22N4O5S/c1-17-15-19(34-25-26-13-6-14-27-25)11-12-21(17)28-24(30)18-7-5-8-20(16-18)35(31,32)29-22-9-3-4-10-23(22)33-2/h3-16,29H,1-2H3,(H,28,30). The fourth-order valence-electron chi connectivity index (χ4n) is 3.22. The van der Waals surface area contributed by atoms with Crippen LogP contribution in [0.1, 0.15) is 15.9 Å². The van der Waals surface area contributed by atoms with E-state index in [4.69, 9.17) is 9.47 Å². The van der Waals surface area contributed by atoms with Gasteiger partial charge in [-0.1, -0.05) is 18.2 Å². The highest BCUT2D eigenvalue weighted by atomic mass is 32.2. The van der Waals surface area contributed by atoms with Gasteiger partial charge in [-0.2, -0.15) is 0 Å².